The molecule has 6 nitrogen and oxygen atoms in total. The number of amides is 1. The van der Waals surface area contributed by atoms with E-state index in [1.807, 2.05) is 49.5 Å². The molecular formula is C24H25N5O. The lowest BCUT2D eigenvalue weighted by molar-refractivity contribution is 0.102. The highest BCUT2D eigenvalue weighted by Gasteiger charge is 2.11. The zero-order valence-electron chi connectivity index (χ0n) is 17.2. The van der Waals surface area contributed by atoms with Crippen LogP contribution in [0.2, 0.25) is 0 Å². The summed E-state index contributed by atoms with van der Waals surface area (Å²) in [6, 6.07) is 17.8. The Bertz CT molecular complexity index is 1160. The van der Waals surface area contributed by atoms with Gasteiger partial charge in [-0.25, -0.2) is 9.97 Å². The molecule has 1 amide bonds. The maximum Gasteiger partial charge on any atom is 0.274 e. The minimum atomic E-state index is -0.246. The SMILES string of the molecule is CCc1ccc(NC(=O)c2cc(C)nc(NCCc3c[nH]c4ccccc34)n2)cc1. The number of aryl methyl sites for hydroxylation is 2. The number of hydrogen-bond donors (Lipinski definition) is 3. The van der Waals surface area contributed by atoms with Gasteiger partial charge in [0, 0.05) is 35.0 Å². The van der Waals surface area contributed by atoms with Gasteiger partial charge in [0.15, 0.2) is 0 Å². The van der Waals surface area contributed by atoms with Crippen LogP contribution in [-0.4, -0.2) is 27.4 Å². The van der Waals surface area contributed by atoms with E-state index in [9.17, 15) is 4.79 Å². The van der Waals surface area contributed by atoms with Gasteiger partial charge in [-0.05, 0) is 55.2 Å². The molecule has 0 atom stereocenters. The fourth-order valence-electron chi connectivity index (χ4n) is 3.43. The van der Waals surface area contributed by atoms with Crippen LogP contribution in [0.3, 0.4) is 0 Å². The monoisotopic (exact) mass is 399 g/mol. The summed E-state index contributed by atoms with van der Waals surface area (Å²) < 4.78 is 0. The van der Waals surface area contributed by atoms with Crippen molar-refractivity contribution in [2.24, 2.45) is 0 Å². The van der Waals surface area contributed by atoms with Crippen LogP contribution in [0.25, 0.3) is 10.9 Å². The number of nitrogens with one attached hydrogen (secondary N) is 3. The lowest BCUT2D eigenvalue weighted by Gasteiger charge is -2.09. The Morgan fingerprint density at radius 1 is 1.07 bits per heavy atom. The molecule has 0 saturated heterocycles. The van der Waals surface area contributed by atoms with Crippen molar-refractivity contribution in [2.45, 2.75) is 26.7 Å². The van der Waals surface area contributed by atoms with E-state index in [0.717, 1.165) is 29.7 Å². The van der Waals surface area contributed by atoms with Crippen molar-refractivity contribution in [3.05, 3.63) is 83.3 Å². The third-order valence-electron chi connectivity index (χ3n) is 5.06. The lowest BCUT2D eigenvalue weighted by Crippen LogP contribution is -2.17. The second kappa shape index (κ2) is 8.78. The van der Waals surface area contributed by atoms with E-state index in [4.69, 9.17) is 0 Å². The van der Waals surface area contributed by atoms with Gasteiger partial charge in [-0.2, -0.15) is 0 Å². The average molecular weight is 399 g/mol. The summed E-state index contributed by atoms with van der Waals surface area (Å²) in [5, 5.41) is 7.37. The van der Waals surface area contributed by atoms with Gasteiger partial charge in [0.2, 0.25) is 5.95 Å². The van der Waals surface area contributed by atoms with Crippen LogP contribution in [0.1, 0.15) is 34.2 Å². The normalized spacial score (nSPS) is 10.9. The smallest absolute Gasteiger partial charge is 0.274 e. The summed E-state index contributed by atoms with van der Waals surface area (Å²) >= 11 is 0. The molecule has 0 fully saturated rings. The Kier molecular flexibility index (Phi) is 5.75. The molecular weight excluding hydrogens is 374 g/mol. The van der Waals surface area contributed by atoms with E-state index in [-0.39, 0.29) is 5.91 Å². The highest BCUT2D eigenvalue weighted by molar-refractivity contribution is 6.03. The van der Waals surface area contributed by atoms with Gasteiger partial charge in [0.05, 0.1) is 0 Å². The van der Waals surface area contributed by atoms with Crippen LogP contribution >= 0.6 is 0 Å². The number of rotatable bonds is 7. The highest BCUT2D eigenvalue weighted by Crippen LogP contribution is 2.18. The number of carbonyl (C=O) groups is 1. The van der Waals surface area contributed by atoms with Gasteiger partial charge in [0.25, 0.3) is 5.91 Å². The van der Waals surface area contributed by atoms with Crippen LogP contribution in [0.4, 0.5) is 11.6 Å². The Labute approximate surface area is 175 Å². The molecule has 0 saturated carbocycles. The van der Waals surface area contributed by atoms with E-state index >= 15 is 0 Å². The van der Waals surface area contributed by atoms with Crippen LogP contribution in [-0.2, 0) is 12.8 Å². The standard InChI is InChI=1S/C24H25N5O/c1-3-17-8-10-19(11-9-17)28-23(30)22-14-16(2)27-24(29-22)25-13-12-18-15-26-21-7-5-4-6-20(18)21/h4-11,14-15,26H,3,12-13H2,1-2H3,(H,28,30)(H,25,27,29). The molecule has 0 aliphatic carbocycles. The molecule has 0 bridgehead atoms. The minimum Gasteiger partial charge on any atom is -0.361 e. The second-order valence-electron chi connectivity index (χ2n) is 7.26. The number of carbonyl (C=O) groups excluding carboxylic acids is 1. The molecule has 6 heteroatoms. The van der Waals surface area contributed by atoms with Gasteiger partial charge >= 0.3 is 0 Å². The maximum absolute atomic E-state index is 12.6. The molecule has 0 aliphatic rings. The number of aromatic amines is 1. The summed E-state index contributed by atoms with van der Waals surface area (Å²) in [7, 11) is 0. The first-order valence-electron chi connectivity index (χ1n) is 10.2. The van der Waals surface area contributed by atoms with E-state index in [2.05, 4.69) is 44.6 Å². The third-order valence-corrected chi connectivity index (χ3v) is 5.06. The molecule has 0 unspecified atom stereocenters. The topological polar surface area (TPSA) is 82.7 Å². The van der Waals surface area contributed by atoms with Crippen LogP contribution < -0.4 is 10.6 Å². The minimum absolute atomic E-state index is 0.246. The second-order valence-corrected chi connectivity index (χ2v) is 7.26. The van der Waals surface area contributed by atoms with Gasteiger partial charge in [0.1, 0.15) is 5.69 Å². The zero-order chi connectivity index (χ0) is 20.9. The molecule has 0 spiro atoms. The summed E-state index contributed by atoms with van der Waals surface area (Å²) in [4.78, 5) is 24.8. The number of fused-ring (bicyclic) bond motifs is 1. The van der Waals surface area contributed by atoms with Gasteiger partial charge in [-0.15, -0.1) is 0 Å². The molecule has 0 aliphatic heterocycles. The van der Waals surface area contributed by atoms with Gasteiger partial charge < -0.3 is 15.6 Å². The van der Waals surface area contributed by atoms with E-state index < -0.39 is 0 Å². The number of nitrogens with zero attached hydrogens (tertiary/aromatic N) is 2. The van der Waals surface area contributed by atoms with E-state index in [1.54, 1.807) is 6.07 Å². The van der Waals surface area contributed by atoms with Crippen molar-refractivity contribution >= 4 is 28.4 Å². The fraction of sp³-hybridized carbons (Fsp3) is 0.208. The predicted molar refractivity (Wildman–Crippen MR) is 121 cm³/mol. The molecule has 2 aromatic carbocycles. The Morgan fingerprint density at radius 3 is 2.67 bits per heavy atom. The Hall–Kier alpha value is -3.67. The first-order valence-corrected chi connectivity index (χ1v) is 10.2. The van der Waals surface area contributed by atoms with Gasteiger partial charge in [-0.1, -0.05) is 37.3 Å². The molecule has 3 N–H and O–H groups in total. The van der Waals surface area contributed by atoms with Crippen molar-refractivity contribution < 1.29 is 4.79 Å². The van der Waals surface area contributed by atoms with Crippen molar-refractivity contribution in [3.8, 4) is 0 Å². The predicted octanol–water partition coefficient (Wildman–Crippen LogP) is 4.74. The highest BCUT2D eigenvalue weighted by atomic mass is 16.1. The zero-order valence-corrected chi connectivity index (χ0v) is 17.2. The summed E-state index contributed by atoms with van der Waals surface area (Å²) in [6.45, 7) is 4.63. The van der Waals surface area contributed by atoms with Crippen molar-refractivity contribution in [3.63, 3.8) is 0 Å². The van der Waals surface area contributed by atoms with Crippen LogP contribution in [0.5, 0.6) is 0 Å². The largest absolute Gasteiger partial charge is 0.361 e. The molecule has 30 heavy (non-hydrogen) atoms. The molecule has 152 valence electrons. The van der Waals surface area contributed by atoms with E-state index in [1.165, 1.54) is 16.5 Å². The first-order chi connectivity index (χ1) is 14.6. The Morgan fingerprint density at radius 2 is 1.87 bits per heavy atom. The number of aromatic nitrogens is 3. The maximum atomic E-state index is 12.6. The summed E-state index contributed by atoms with van der Waals surface area (Å²) in [5.74, 6) is 0.214. The summed E-state index contributed by atoms with van der Waals surface area (Å²) in [6.07, 6.45) is 3.83. The number of benzene rings is 2. The molecule has 2 heterocycles. The molecule has 0 radical (unpaired) electrons. The quantitative estimate of drug-likeness (QED) is 0.419. The number of hydrogen-bond acceptors (Lipinski definition) is 4. The first kappa shape index (κ1) is 19.6. The number of anilines is 2. The fourth-order valence-corrected chi connectivity index (χ4v) is 3.43. The lowest BCUT2D eigenvalue weighted by atomic mass is 10.1. The van der Waals surface area contributed by atoms with Gasteiger partial charge in [-0.3, -0.25) is 4.79 Å². The molecule has 4 rings (SSSR count). The average Bonchev–Trinajstić information content (AvgIpc) is 3.17. The molecule has 4 aromatic rings. The van der Waals surface area contributed by atoms with Crippen LogP contribution in [0.15, 0.2) is 60.8 Å². The van der Waals surface area contributed by atoms with Crippen molar-refractivity contribution in [1.29, 1.82) is 0 Å². The Balaban J connectivity index is 1.41. The third kappa shape index (κ3) is 4.49. The number of para-hydroxylation sites is 1. The van der Waals surface area contributed by atoms with Crippen molar-refractivity contribution in [1.82, 2.24) is 15.0 Å². The summed E-state index contributed by atoms with van der Waals surface area (Å²) in [5.41, 5.74) is 5.43. The molecule has 2 aromatic heterocycles. The van der Waals surface area contributed by atoms with Crippen LogP contribution in [0, 0.1) is 6.92 Å². The van der Waals surface area contributed by atoms with Crippen molar-refractivity contribution in [2.75, 3.05) is 17.2 Å². The van der Waals surface area contributed by atoms with E-state index in [0.29, 0.717) is 18.2 Å². The number of H-pyrrole nitrogens is 1.